The van der Waals surface area contributed by atoms with Gasteiger partial charge in [-0.2, -0.15) is 18.3 Å². The number of alkyl halides is 3. The molecule has 0 aliphatic carbocycles. The average molecular weight is 232 g/mol. The highest BCUT2D eigenvalue weighted by Crippen LogP contribution is 2.31. The molecule has 0 aliphatic rings. The maximum absolute atomic E-state index is 12.6. The Morgan fingerprint density at radius 1 is 1.38 bits per heavy atom. The van der Waals surface area contributed by atoms with Gasteiger partial charge in [-0.25, -0.2) is 9.67 Å². The van der Waals surface area contributed by atoms with Gasteiger partial charge in [-0.15, -0.1) is 0 Å². The standard InChI is InChI=1S/C8H7F3N4O/c1-3-12-6-4(7(16)13-3)5(8(9,10)11)14-15(6)2/h1-2H3,(H,12,13,16). The van der Waals surface area contributed by atoms with Gasteiger partial charge in [0.05, 0.1) is 0 Å². The van der Waals surface area contributed by atoms with Gasteiger partial charge in [-0.05, 0) is 6.92 Å². The third kappa shape index (κ3) is 1.46. The van der Waals surface area contributed by atoms with E-state index < -0.39 is 22.8 Å². The zero-order valence-electron chi connectivity index (χ0n) is 8.38. The van der Waals surface area contributed by atoms with Gasteiger partial charge < -0.3 is 4.98 Å². The first-order valence-electron chi connectivity index (χ1n) is 4.31. The minimum absolute atomic E-state index is 0.0754. The summed E-state index contributed by atoms with van der Waals surface area (Å²) < 4.78 is 38.6. The van der Waals surface area contributed by atoms with E-state index in [2.05, 4.69) is 15.1 Å². The molecule has 0 spiro atoms. The Balaban J connectivity index is 2.95. The lowest BCUT2D eigenvalue weighted by Crippen LogP contribution is -2.14. The van der Waals surface area contributed by atoms with Crippen LogP contribution in [0.25, 0.3) is 11.0 Å². The van der Waals surface area contributed by atoms with E-state index in [0.717, 1.165) is 4.68 Å². The molecule has 0 aromatic carbocycles. The molecule has 1 N–H and O–H groups in total. The molecule has 8 heteroatoms. The minimum atomic E-state index is -4.66. The van der Waals surface area contributed by atoms with Crippen LogP contribution in [0, 0.1) is 6.92 Å². The van der Waals surface area contributed by atoms with E-state index in [-0.39, 0.29) is 11.5 Å². The summed E-state index contributed by atoms with van der Waals surface area (Å²) in [6.45, 7) is 1.49. The number of halogens is 3. The number of aromatic amines is 1. The van der Waals surface area contributed by atoms with E-state index in [4.69, 9.17) is 0 Å². The Morgan fingerprint density at radius 3 is 2.56 bits per heavy atom. The molecule has 0 saturated carbocycles. The van der Waals surface area contributed by atoms with Crippen LogP contribution in [0.2, 0.25) is 0 Å². The third-order valence-corrected chi connectivity index (χ3v) is 2.08. The van der Waals surface area contributed by atoms with Gasteiger partial charge in [0.1, 0.15) is 11.2 Å². The lowest BCUT2D eigenvalue weighted by Gasteiger charge is -2.00. The number of nitrogens with one attached hydrogen (secondary N) is 1. The molecule has 5 nitrogen and oxygen atoms in total. The summed E-state index contributed by atoms with van der Waals surface area (Å²) in [6, 6.07) is 0. The number of nitrogens with zero attached hydrogens (tertiary/aromatic N) is 3. The molecule has 2 aromatic rings. The number of H-pyrrole nitrogens is 1. The lowest BCUT2D eigenvalue weighted by atomic mass is 10.3. The van der Waals surface area contributed by atoms with Crippen LogP contribution in [-0.4, -0.2) is 19.7 Å². The molecule has 0 amide bonds. The maximum Gasteiger partial charge on any atom is 0.436 e. The molecule has 0 bridgehead atoms. The summed E-state index contributed by atoms with van der Waals surface area (Å²) >= 11 is 0. The van der Waals surface area contributed by atoms with Crippen molar-refractivity contribution in [2.45, 2.75) is 13.1 Å². The lowest BCUT2D eigenvalue weighted by molar-refractivity contribution is -0.140. The summed E-state index contributed by atoms with van der Waals surface area (Å²) in [5.41, 5.74) is -2.12. The normalized spacial score (nSPS) is 12.3. The molecule has 0 aliphatic heterocycles. The Hall–Kier alpha value is -1.86. The van der Waals surface area contributed by atoms with E-state index in [1.807, 2.05) is 0 Å². The van der Waals surface area contributed by atoms with Crippen molar-refractivity contribution in [3.63, 3.8) is 0 Å². The molecular weight excluding hydrogens is 225 g/mol. The van der Waals surface area contributed by atoms with Gasteiger partial charge >= 0.3 is 6.18 Å². The topological polar surface area (TPSA) is 63.6 Å². The van der Waals surface area contributed by atoms with Crippen molar-refractivity contribution in [1.82, 2.24) is 19.7 Å². The van der Waals surface area contributed by atoms with Gasteiger partial charge in [-0.1, -0.05) is 0 Å². The molecule has 0 radical (unpaired) electrons. The van der Waals surface area contributed by atoms with Gasteiger partial charge in [0, 0.05) is 7.05 Å². The maximum atomic E-state index is 12.6. The molecule has 0 atom stereocenters. The molecule has 2 aromatic heterocycles. The zero-order chi connectivity index (χ0) is 12.1. The fourth-order valence-electron chi connectivity index (χ4n) is 1.46. The van der Waals surface area contributed by atoms with Crippen molar-refractivity contribution in [1.29, 1.82) is 0 Å². The Bertz CT molecular complexity index is 610. The molecule has 2 heterocycles. The van der Waals surface area contributed by atoms with E-state index in [1.165, 1.54) is 14.0 Å². The monoisotopic (exact) mass is 232 g/mol. The molecule has 86 valence electrons. The summed E-state index contributed by atoms with van der Waals surface area (Å²) in [6.07, 6.45) is -4.66. The Morgan fingerprint density at radius 2 is 2.00 bits per heavy atom. The van der Waals surface area contributed by atoms with Crippen molar-refractivity contribution in [3.8, 4) is 0 Å². The third-order valence-electron chi connectivity index (χ3n) is 2.08. The second-order valence-corrected chi connectivity index (χ2v) is 3.32. The van der Waals surface area contributed by atoms with Gasteiger partial charge in [-0.3, -0.25) is 4.79 Å². The minimum Gasteiger partial charge on any atom is -0.310 e. The SMILES string of the molecule is Cc1nc2c(c(C(F)(F)F)nn2C)c(=O)[nH]1. The molecular formula is C8H7F3N4O. The zero-order valence-corrected chi connectivity index (χ0v) is 8.38. The first-order chi connectivity index (χ1) is 7.30. The molecule has 2 rings (SSSR count). The first kappa shape index (κ1) is 10.7. The van der Waals surface area contributed by atoms with Crippen LogP contribution >= 0.6 is 0 Å². The predicted molar refractivity (Wildman–Crippen MR) is 48.9 cm³/mol. The number of hydrogen-bond donors (Lipinski definition) is 1. The number of aryl methyl sites for hydroxylation is 2. The van der Waals surface area contributed by atoms with Crippen molar-refractivity contribution in [2.75, 3.05) is 0 Å². The van der Waals surface area contributed by atoms with Crippen molar-refractivity contribution >= 4 is 11.0 Å². The quantitative estimate of drug-likeness (QED) is 0.736. The Labute approximate surface area is 86.9 Å². The second-order valence-electron chi connectivity index (χ2n) is 3.32. The number of fused-ring (bicyclic) bond motifs is 1. The van der Waals surface area contributed by atoms with Gasteiger partial charge in [0.2, 0.25) is 0 Å². The highest BCUT2D eigenvalue weighted by molar-refractivity contribution is 5.77. The van der Waals surface area contributed by atoms with Crippen molar-refractivity contribution < 1.29 is 13.2 Å². The first-order valence-corrected chi connectivity index (χ1v) is 4.31. The number of hydrogen-bond acceptors (Lipinski definition) is 3. The largest absolute Gasteiger partial charge is 0.436 e. The Kier molecular flexibility index (Phi) is 2.04. The van der Waals surface area contributed by atoms with Crippen LogP contribution in [0.15, 0.2) is 4.79 Å². The molecule has 16 heavy (non-hydrogen) atoms. The highest BCUT2D eigenvalue weighted by Gasteiger charge is 2.38. The van der Waals surface area contributed by atoms with E-state index >= 15 is 0 Å². The second kappa shape index (κ2) is 3.06. The molecule has 0 saturated heterocycles. The van der Waals surface area contributed by atoms with Crippen LogP contribution < -0.4 is 5.56 Å². The fourth-order valence-corrected chi connectivity index (χ4v) is 1.46. The molecule has 0 unspecified atom stereocenters. The summed E-state index contributed by atoms with van der Waals surface area (Å²) in [4.78, 5) is 17.5. The van der Waals surface area contributed by atoms with E-state index in [0.29, 0.717) is 0 Å². The van der Waals surface area contributed by atoms with Crippen molar-refractivity contribution in [2.24, 2.45) is 7.05 Å². The van der Waals surface area contributed by atoms with Crippen molar-refractivity contribution in [3.05, 3.63) is 21.9 Å². The fraction of sp³-hybridized carbons (Fsp3) is 0.375. The smallest absolute Gasteiger partial charge is 0.310 e. The number of aromatic nitrogens is 4. The van der Waals surface area contributed by atoms with Crippen LogP contribution in [-0.2, 0) is 13.2 Å². The van der Waals surface area contributed by atoms with Crippen LogP contribution in [0.4, 0.5) is 13.2 Å². The van der Waals surface area contributed by atoms with Gasteiger partial charge in [0.25, 0.3) is 5.56 Å². The van der Waals surface area contributed by atoms with Crippen LogP contribution in [0.5, 0.6) is 0 Å². The summed E-state index contributed by atoms with van der Waals surface area (Å²) in [5, 5.41) is 2.74. The van der Waals surface area contributed by atoms with Crippen LogP contribution in [0.3, 0.4) is 0 Å². The average Bonchev–Trinajstić information content (AvgIpc) is 2.43. The highest BCUT2D eigenvalue weighted by atomic mass is 19.4. The van der Waals surface area contributed by atoms with Gasteiger partial charge in [0.15, 0.2) is 11.3 Å². The van der Waals surface area contributed by atoms with E-state index in [1.54, 1.807) is 0 Å². The summed E-state index contributed by atoms with van der Waals surface area (Å²) in [7, 11) is 1.31. The predicted octanol–water partition coefficient (Wildman–Crippen LogP) is 0.984. The van der Waals surface area contributed by atoms with Crippen LogP contribution in [0.1, 0.15) is 11.5 Å². The summed E-state index contributed by atoms with van der Waals surface area (Å²) in [5.74, 6) is 0.245. The number of rotatable bonds is 0. The molecule has 0 fully saturated rings. The van der Waals surface area contributed by atoms with E-state index in [9.17, 15) is 18.0 Å².